The van der Waals surface area contributed by atoms with Gasteiger partial charge in [-0.3, -0.25) is 0 Å². The lowest BCUT2D eigenvalue weighted by atomic mass is 9.45. The van der Waals surface area contributed by atoms with E-state index in [9.17, 15) is 0 Å². The van der Waals surface area contributed by atoms with Gasteiger partial charge in [0.15, 0.2) is 6.29 Å². The largest absolute Gasteiger partial charge is 0.353 e. The predicted molar refractivity (Wildman–Crippen MR) is 108 cm³/mol. The van der Waals surface area contributed by atoms with Crippen LogP contribution in [0.3, 0.4) is 0 Å². The van der Waals surface area contributed by atoms with Crippen LogP contribution in [0, 0.1) is 34.5 Å². The third kappa shape index (κ3) is 2.79. The SMILES string of the molecule is C[C@]12Cc3nonc3C[C@@H]1CC[C@@H]1[C@@H]2CC[C@]2(C)[C@@H](OC3CCCCO3)CC[C@@H]12. The van der Waals surface area contributed by atoms with Crippen molar-refractivity contribution in [2.45, 2.75) is 96.9 Å². The Labute approximate surface area is 174 Å². The molecule has 0 amide bonds. The Balaban J connectivity index is 1.23. The molecular formula is C24H36N2O3. The fraction of sp³-hybridized carbons (Fsp3) is 0.917. The van der Waals surface area contributed by atoms with Crippen molar-refractivity contribution < 1.29 is 14.1 Å². The molecule has 1 saturated heterocycles. The number of hydrogen-bond acceptors (Lipinski definition) is 5. The summed E-state index contributed by atoms with van der Waals surface area (Å²) in [4.78, 5) is 0. The van der Waals surface area contributed by atoms with Crippen LogP contribution < -0.4 is 0 Å². The summed E-state index contributed by atoms with van der Waals surface area (Å²) in [5, 5.41) is 8.47. The highest BCUT2D eigenvalue weighted by molar-refractivity contribution is 5.20. The minimum atomic E-state index is 0.0479. The van der Waals surface area contributed by atoms with Gasteiger partial charge in [-0.2, -0.15) is 0 Å². The first-order valence-electron chi connectivity index (χ1n) is 12.2. The van der Waals surface area contributed by atoms with Crippen LogP contribution in [-0.4, -0.2) is 29.3 Å². The molecule has 0 spiro atoms. The lowest BCUT2D eigenvalue weighted by Crippen LogP contribution is -2.55. The van der Waals surface area contributed by atoms with Crippen LogP contribution in [0.15, 0.2) is 4.63 Å². The zero-order chi connectivity index (χ0) is 19.6. The number of nitrogens with zero attached hydrogens (tertiary/aromatic N) is 2. The number of ether oxygens (including phenoxy) is 2. The van der Waals surface area contributed by atoms with E-state index in [-0.39, 0.29) is 6.29 Å². The van der Waals surface area contributed by atoms with E-state index in [1.807, 2.05) is 0 Å². The first-order valence-corrected chi connectivity index (χ1v) is 12.2. The van der Waals surface area contributed by atoms with Crippen LogP contribution in [-0.2, 0) is 22.3 Å². The molecule has 1 aliphatic heterocycles. The Kier molecular flexibility index (Phi) is 4.40. The quantitative estimate of drug-likeness (QED) is 0.704. The minimum absolute atomic E-state index is 0.0479. The fourth-order valence-corrected chi connectivity index (χ4v) is 8.43. The van der Waals surface area contributed by atoms with Gasteiger partial charge in [-0.25, -0.2) is 4.63 Å². The highest BCUT2D eigenvalue weighted by Crippen LogP contribution is 2.66. The first-order chi connectivity index (χ1) is 14.1. The van der Waals surface area contributed by atoms with Gasteiger partial charge in [0.1, 0.15) is 11.4 Å². The maximum atomic E-state index is 6.62. The van der Waals surface area contributed by atoms with E-state index in [1.54, 1.807) is 0 Å². The molecule has 5 nitrogen and oxygen atoms in total. The lowest BCUT2D eigenvalue weighted by Gasteiger charge is -2.59. The van der Waals surface area contributed by atoms with E-state index < -0.39 is 0 Å². The molecule has 6 rings (SSSR count). The molecule has 1 aromatic heterocycles. The van der Waals surface area contributed by atoms with E-state index in [4.69, 9.17) is 14.1 Å². The second-order valence-electron chi connectivity index (χ2n) is 11.2. The topological polar surface area (TPSA) is 57.4 Å². The van der Waals surface area contributed by atoms with Gasteiger partial charge in [0, 0.05) is 13.0 Å². The van der Waals surface area contributed by atoms with Crippen LogP contribution in [0.2, 0.25) is 0 Å². The molecule has 0 radical (unpaired) electrons. The van der Waals surface area contributed by atoms with Crippen LogP contribution in [0.5, 0.6) is 0 Å². The summed E-state index contributed by atoms with van der Waals surface area (Å²) in [6.07, 6.45) is 14.0. The van der Waals surface area contributed by atoms with Gasteiger partial charge in [-0.05, 0) is 98.7 Å². The summed E-state index contributed by atoms with van der Waals surface area (Å²) >= 11 is 0. The highest BCUT2D eigenvalue weighted by Gasteiger charge is 2.61. The monoisotopic (exact) mass is 400 g/mol. The van der Waals surface area contributed by atoms with Gasteiger partial charge in [0.05, 0.1) is 6.10 Å². The molecule has 1 unspecified atom stereocenters. The molecule has 5 heteroatoms. The molecule has 160 valence electrons. The number of rotatable bonds is 2. The number of hydrogen-bond donors (Lipinski definition) is 0. The van der Waals surface area contributed by atoms with Crippen molar-refractivity contribution in [3.8, 4) is 0 Å². The molecule has 1 aromatic rings. The van der Waals surface area contributed by atoms with Gasteiger partial charge in [-0.1, -0.05) is 24.2 Å². The highest BCUT2D eigenvalue weighted by atomic mass is 16.7. The van der Waals surface area contributed by atoms with Gasteiger partial charge in [0.2, 0.25) is 0 Å². The minimum Gasteiger partial charge on any atom is -0.353 e. The van der Waals surface area contributed by atoms with Crippen LogP contribution in [0.25, 0.3) is 0 Å². The van der Waals surface area contributed by atoms with Gasteiger partial charge in [0.25, 0.3) is 0 Å². The summed E-state index contributed by atoms with van der Waals surface area (Å²) in [5.74, 6) is 3.21. The zero-order valence-electron chi connectivity index (χ0n) is 18.1. The van der Waals surface area contributed by atoms with Crippen LogP contribution in [0.1, 0.15) is 83.0 Å². The average Bonchev–Trinajstić information content (AvgIpc) is 3.30. The predicted octanol–water partition coefficient (Wildman–Crippen LogP) is 4.94. The molecule has 2 heterocycles. The van der Waals surface area contributed by atoms with Crippen molar-refractivity contribution in [3.63, 3.8) is 0 Å². The second kappa shape index (κ2) is 6.78. The Hall–Kier alpha value is -0.940. The summed E-state index contributed by atoms with van der Waals surface area (Å²) in [5.41, 5.74) is 2.97. The first kappa shape index (κ1) is 18.8. The Morgan fingerprint density at radius 3 is 2.62 bits per heavy atom. The summed E-state index contributed by atoms with van der Waals surface area (Å²) in [6, 6.07) is 0. The lowest BCUT2D eigenvalue weighted by molar-refractivity contribution is -0.218. The molecule has 0 bridgehead atoms. The Bertz CT molecular complexity index is 759. The van der Waals surface area contributed by atoms with E-state index in [1.165, 1.54) is 51.4 Å². The van der Waals surface area contributed by atoms with Crippen LogP contribution in [0.4, 0.5) is 0 Å². The van der Waals surface area contributed by atoms with Crippen molar-refractivity contribution in [1.29, 1.82) is 0 Å². The van der Waals surface area contributed by atoms with E-state index in [2.05, 4.69) is 24.2 Å². The van der Waals surface area contributed by atoms with Crippen molar-refractivity contribution in [2.75, 3.05) is 6.61 Å². The Morgan fingerprint density at radius 2 is 1.76 bits per heavy atom. The molecule has 29 heavy (non-hydrogen) atoms. The van der Waals surface area contributed by atoms with E-state index in [0.717, 1.165) is 60.9 Å². The standard InChI is InChI=1S/C24H36N2O3/c1-23-11-10-18-16(17(23)8-9-21(23)28-22-5-3-4-12-27-22)7-6-15-13-19-20(26-29-25-19)14-24(15,18)2/h15-18,21-22H,3-14H2,1-2H3/t15-,16-,17-,18-,21-,22?,23-,24-/m0/s1. The number of fused-ring (bicyclic) bond motifs is 6. The normalized spacial score (nSPS) is 49.0. The van der Waals surface area contributed by atoms with Crippen molar-refractivity contribution >= 4 is 0 Å². The third-order valence-corrected chi connectivity index (χ3v) is 10.1. The van der Waals surface area contributed by atoms with E-state index in [0.29, 0.717) is 16.9 Å². The Morgan fingerprint density at radius 1 is 0.897 bits per heavy atom. The molecule has 4 aliphatic carbocycles. The summed E-state index contributed by atoms with van der Waals surface area (Å²) < 4.78 is 17.7. The fourth-order valence-electron chi connectivity index (χ4n) is 8.43. The molecule has 4 fully saturated rings. The van der Waals surface area contributed by atoms with Crippen molar-refractivity contribution in [2.24, 2.45) is 34.5 Å². The van der Waals surface area contributed by atoms with Crippen LogP contribution >= 0.6 is 0 Å². The zero-order valence-corrected chi connectivity index (χ0v) is 18.1. The average molecular weight is 401 g/mol. The maximum Gasteiger partial charge on any atom is 0.157 e. The molecule has 8 atom stereocenters. The smallest absolute Gasteiger partial charge is 0.157 e. The molecule has 5 aliphatic rings. The van der Waals surface area contributed by atoms with Crippen molar-refractivity contribution in [3.05, 3.63) is 11.4 Å². The van der Waals surface area contributed by atoms with Gasteiger partial charge in [-0.15, -0.1) is 0 Å². The molecule has 0 aromatic carbocycles. The summed E-state index contributed by atoms with van der Waals surface area (Å²) in [7, 11) is 0. The third-order valence-electron chi connectivity index (χ3n) is 10.1. The number of aromatic nitrogens is 2. The maximum absolute atomic E-state index is 6.62. The van der Waals surface area contributed by atoms with Gasteiger partial charge < -0.3 is 9.47 Å². The van der Waals surface area contributed by atoms with Crippen molar-refractivity contribution in [1.82, 2.24) is 10.3 Å². The van der Waals surface area contributed by atoms with Gasteiger partial charge >= 0.3 is 0 Å². The molecular weight excluding hydrogens is 364 g/mol. The molecule has 3 saturated carbocycles. The summed E-state index contributed by atoms with van der Waals surface area (Å²) in [6.45, 7) is 5.98. The van der Waals surface area contributed by atoms with E-state index >= 15 is 0 Å². The second-order valence-corrected chi connectivity index (χ2v) is 11.2. The molecule has 0 N–H and O–H groups in total.